The molecule has 0 radical (unpaired) electrons. The van der Waals surface area contributed by atoms with Gasteiger partial charge in [0.05, 0.1) is 25.8 Å². The Hall–Kier alpha value is -4.33. The minimum atomic E-state index is -0.506. The van der Waals surface area contributed by atoms with Crippen molar-refractivity contribution in [2.75, 3.05) is 30.4 Å². The highest BCUT2D eigenvalue weighted by atomic mass is 16.5. The summed E-state index contributed by atoms with van der Waals surface area (Å²) in [4.78, 5) is 39.4. The molecular formula is C31H35N3O5. The Balaban J connectivity index is 1.42. The molecule has 0 spiro atoms. The van der Waals surface area contributed by atoms with Crippen molar-refractivity contribution in [1.82, 2.24) is 5.32 Å². The lowest BCUT2D eigenvalue weighted by Crippen LogP contribution is -2.43. The number of hydrogen-bond donors (Lipinski definition) is 2. The van der Waals surface area contributed by atoms with Gasteiger partial charge in [0.1, 0.15) is 12.4 Å². The van der Waals surface area contributed by atoms with Crippen LogP contribution in [0.2, 0.25) is 0 Å². The van der Waals surface area contributed by atoms with Gasteiger partial charge in [-0.25, -0.2) is 4.79 Å². The molecule has 0 aromatic heterocycles. The van der Waals surface area contributed by atoms with Gasteiger partial charge >= 0.3 is 12.0 Å². The molecule has 1 saturated carbocycles. The minimum Gasteiger partial charge on any atom is -0.487 e. The number of nitrogens with one attached hydrogen (secondary N) is 2. The van der Waals surface area contributed by atoms with Crippen LogP contribution < -0.4 is 20.3 Å². The first-order chi connectivity index (χ1) is 19.0. The predicted molar refractivity (Wildman–Crippen MR) is 151 cm³/mol. The molecule has 0 atom stereocenters. The molecule has 0 saturated heterocycles. The molecule has 3 amide bonds. The third-order valence-electron chi connectivity index (χ3n) is 6.77. The molecule has 1 aliphatic rings. The van der Waals surface area contributed by atoms with E-state index in [0.717, 1.165) is 31.2 Å². The van der Waals surface area contributed by atoms with E-state index in [1.54, 1.807) is 29.2 Å². The van der Waals surface area contributed by atoms with Crippen molar-refractivity contribution in [2.24, 2.45) is 5.92 Å². The first-order valence-electron chi connectivity index (χ1n) is 13.3. The molecular weight excluding hydrogens is 494 g/mol. The van der Waals surface area contributed by atoms with E-state index in [4.69, 9.17) is 9.47 Å². The first kappa shape index (κ1) is 27.7. The molecule has 2 N–H and O–H groups in total. The number of carbonyl (C=O) groups is 3. The van der Waals surface area contributed by atoms with Crippen LogP contribution >= 0.6 is 0 Å². The molecule has 4 rings (SSSR count). The van der Waals surface area contributed by atoms with Crippen LogP contribution in [0.1, 0.15) is 36.8 Å². The van der Waals surface area contributed by atoms with Crippen molar-refractivity contribution in [2.45, 2.75) is 38.7 Å². The summed E-state index contributed by atoms with van der Waals surface area (Å²) < 4.78 is 10.8. The number of methoxy groups -OCH3 is 1. The highest BCUT2D eigenvalue weighted by molar-refractivity contribution is 5.99. The second kappa shape index (κ2) is 14.0. The van der Waals surface area contributed by atoms with Crippen LogP contribution in [0.15, 0.2) is 78.9 Å². The molecule has 1 fully saturated rings. The van der Waals surface area contributed by atoms with Gasteiger partial charge in [-0.1, -0.05) is 67.4 Å². The first-order valence-corrected chi connectivity index (χ1v) is 13.3. The van der Waals surface area contributed by atoms with Gasteiger partial charge in [-0.2, -0.15) is 0 Å². The summed E-state index contributed by atoms with van der Waals surface area (Å²) in [7, 11) is 1.33. The van der Waals surface area contributed by atoms with Gasteiger partial charge in [0.15, 0.2) is 0 Å². The Bertz CT molecular complexity index is 1260. The van der Waals surface area contributed by atoms with Gasteiger partial charge in [0, 0.05) is 12.2 Å². The standard InChI is InChI=1S/C31H35N3O5/c1-38-30(36)19-25-14-9-15-26(18-25)33-31(37)32-20-29(35)34(21-23-10-5-6-11-23)27-16-7-8-17-28(27)39-22-24-12-3-2-4-13-24/h2-4,7-9,12-18,23H,5-6,10-11,19-22H2,1H3,(H2,32,33,37). The molecule has 0 unspecified atom stereocenters. The van der Waals surface area contributed by atoms with Crippen LogP contribution in [0.3, 0.4) is 0 Å². The lowest BCUT2D eigenvalue weighted by atomic mass is 10.1. The van der Waals surface area contributed by atoms with E-state index in [2.05, 4.69) is 10.6 Å². The van der Waals surface area contributed by atoms with E-state index >= 15 is 0 Å². The number of amides is 3. The van der Waals surface area contributed by atoms with Gasteiger partial charge < -0.3 is 25.0 Å². The van der Waals surface area contributed by atoms with Crippen molar-refractivity contribution in [3.63, 3.8) is 0 Å². The van der Waals surface area contributed by atoms with E-state index in [0.29, 0.717) is 41.8 Å². The third kappa shape index (κ3) is 8.33. The number of urea groups is 1. The number of anilines is 2. The maximum Gasteiger partial charge on any atom is 0.319 e. The van der Waals surface area contributed by atoms with E-state index in [1.165, 1.54) is 7.11 Å². The Morgan fingerprint density at radius 1 is 0.897 bits per heavy atom. The average Bonchev–Trinajstić information content (AvgIpc) is 3.48. The Morgan fingerprint density at radius 3 is 2.38 bits per heavy atom. The molecule has 204 valence electrons. The van der Waals surface area contributed by atoms with Crippen LogP contribution in [-0.2, 0) is 27.4 Å². The van der Waals surface area contributed by atoms with E-state index in [1.807, 2.05) is 54.6 Å². The lowest BCUT2D eigenvalue weighted by molar-refractivity contribution is -0.139. The molecule has 39 heavy (non-hydrogen) atoms. The highest BCUT2D eigenvalue weighted by Gasteiger charge is 2.25. The monoisotopic (exact) mass is 529 g/mol. The smallest absolute Gasteiger partial charge is 0.319 e. The highest BCUT2D eigenvalue weighted by Crippen LogP contribution is 2.33. The molecule has 3 aromatic rings. The number of para-hydroxylation sites is 2. The number of carbonyl (C=O) groups excluding carboxylic acids is 3. The summed E-state index contributed by atoms with van der Waals surface area (Å²) in [5.74, 6) is 0.451. The summed E-state index contributed by atoms with van der Waals surface area (Å²) in [6, 6.07) is 23.9. The molecule has 8 nitrogen and oxygen atoms in total. The van der Waals surface area contributed by atoms with E-state index in [-0.39, 0.29) is 24.8 Å². The van der Waals surface area contributed by atoms with Crippen LogP contribution in [-0.4, -0.2) is 38.1 Å². The van der Waals surface area contributed by atoms with Crippen molar-refractivity contribution < 1.29 is 23.9 Å². The number of benzene rings is 3. The number of nitrogens with zero attached hydrogens (tertiary/aromatic N) is 1. The fourth-order valence-electron chi connectivity index (χ4n) is 4.75. The second-order valence-corrected chi connectivity index (χ2v) is 9.66. The summed E-state index contributed by atoms with van der Waals surface area (Å²) in [6.45, 7) is 0.788. The Labute approximate surface area is 229 Å². The number of rotatable bonds is 11. The van der Waals surface area contributed by atoms with Crippen LogP contribution in [0.5, 0.6) is 5.75 Å². The van der Waals surface area contributed by atoms with Gasteiger partial charge in [-0.15, -0.1) is 0 Å². The molecule has 8 heteroatoms. The average molecular weight is 530 g/mol. The molecule has 3 aromatic carbocycles. The van der Waals surface area contributed by atoms with Crippen LogP contribution in [0, 0.1) is 5.92 Å². The van der Waals surface area contributed by atoms with Crippen molar-refractivity contribution in [3.05, 3.63) is 90.0 Å². The zero-order valence-corrected chi connectivity index (χ0v) is 22.2. The van der Waals surface area contributed by atoms with Crippen molar-refractivity contribution in [1.29, 1.82) is 0 Å². The van der Waals surface area contributed by atoms with Gasteiger partial charge in [0.2, 0.25) is 5.91 Å². The molecule has 0 aliphatic heterocycles. The quantitative estimate of drug-likeness (QED) is 0.328. The summed E-state index contributed by atoms with van der Waals surface area (Å²) in [5, 5.41) is 5.41. The summed E-state index contributed by atoms with van der Waals surface area (Å²) in [6.07, 6.45) is 4.58. The topological polar surface area (TPSA) is 97.0 Å². The molecule has 1 aliphatic carbocycles. The maximum absolute atomic E-state index is 13.5. The fraction of sp³-hybridized carbons (Fsp3) is 0.323. The van der Waals surface area contributed by atoms with Crippen LogP contribution in [0.4, 0.5) is 16.2 Å². The summed E-state index contributed by atoms with van der Waals surface area (Å²) >= 11 is 0. The summed E-state index contributed by atoms with van der Waals surface area (Å²) in [5.41, 5.74) is 2.97. The zero-order chi connectivity index (χ0) is 27.5. The number of esters is 1. The normalized spacial score (nSPS) is 12.9. The lowest BCUT2D eigenvalue weighted by Gasteiger charge is -2.28. The van der Waals surface area contributed by atoms with Crippen molar-refractivity contribution >= 4 is 29.3 Å². The van der Waals surface area contributed by atoms with E-state index < -0.39 is 6.03 Å². The minimum absolute atomic E-state index is 0.105. The predicted octanol–water partition coefficient (Wildman–Crippen LogP) is 5.33. The molecule has 0 heterocycles. The fourth-order valence-corrected chi connectivity index (χ4v) is 4.75. The Kier molecular flexibility index (Phi) is 9.94. The maximum atomic E-state index is 13.5. The zero-order valence-electron chi connectivity index (χ0n) is 22.2. The van der Waals surface area contributed by atoms with Crippen LogP contribution in [0.25, 0.3) is 0 Å². The number of ether oxygens (including phenoxy) is 2. The largest absolute Gasteiger partial charge is 0.487 e. The van der Waals surface area contributed by atoms with Crippen molar-refractivity contribution in [3.8, 4) is 5.75 Å². The van der Waals surface area contributed by atoms with E-state index in [9.17, 15) is 14.4 Å². The molecule has 0 bridgehead atoms. The Morgan fingerprint density at radius 2 is 1.62 bits per heavy atom. The van der Waals surface area contributed by atoms with Gasteiger partial charge in [-0.3, -0.25) is 9.59 Å². The van der Waals surface area contributed by atoms with Gasteiger partial charge in [-0.05, 0) is 54.2 Å². The second-order valence-electron chi connectivity index (χ2n) is 9.66. The van der Waals surface area contributed by atoms with Gasteiger partial charge in [0.25, 0.3) is 0 Å². The third-order valence-corrected chi connectivity index (χ3v) is 6.77. The number of hydrogen-bond acceptors (Lipinski definition) is 5. The SMILES string of the molecule is COC(=O)Cc1cccc(NC(=O)NCC(=O)N(CC2CCCC2)c2ccccc2OCc2ccccc2)c1.